The van der Waals surface area contributed by atoms with Gasteiger partial charge in [-0.2, -0.15) is 8.78 Å². The maximum atomic E-state index is 14.7. The van der Waals surface area contributed by atoms with E-state index in [0.717, 1.165) is 17.0 Å². The van der Waals surface area contributed by atoms with Crippen LogP contribution < -0.4 is 10.6 Å². The second-order valence-electron chi connectivity index (χ2n) is 7.29. The average Bonchev–Trinajstić information content (AvgIpc) is 3.12. The normalized spacial score (nSPS) is 23.0. The van der Waals surface area contributed by atoms with Crippen LogP contribution in [0.25, 0.3) is 0 Å². The molecule has 3 unspecified atom stereocenters. The van der Waals surface area contributed by atoms with Crippen LogP contribution in [0.15, 0.2) is 42.5 Å². The van der Waals surface area contributed by atoms with E-state index in [1.165, 1.54) is 30.3 Å². The Morgan fingerprint density at radius 3 is 2.69 bits per heavy atom. The summed E-state index contributed by atoms with van der Waals surface area (Å²) in [6.45, 7) is -1.96. The molecule has 3 atom stereocenters. The average molecular weight is 465 g/mol. The van der Waals surface area contributed by atoms with Crippen molar-refractivity contribution in [2.45, 2.75) is 37.8 Å². The number of imide groups is 1. The van der Waals surface area contributed by atoms with E-state index >= 15 is 0 Å². The predicted molar refractivity (Wildman–Crippen MR) is 110 cm³/mol. The van der Waals surface area contributed by atoms with E-state index in [0.29, 0.717) is 5.56 Å². The van der Waals surface area contributed by atoms with Crippen molar-refractivity contribution in [3.63, 3.8) is 0 Å². The third-order valence-corrected chi connectivity index (χ3v) is 5.41. The van der Waals surface area contributed by atoms with Crippen LogP contribution in [0.4, 0.5) is 8.78 Å². The molecule has 1 fully saturated rings. The first-order valence-electron chi connectivity index (χ1n) is 11.1. The van der Waals surface area contributed by atoms with Gasteiger partial charge in [0.25, 0.3) is 11.8 Å². The molecule has 10 heteroatoms. The van der Waals surface area contributed by atoms with Crippen molar-refractivity contribution in [1.29, 1.82) is 0 Å². The first-order valence-corrected chi connectivity index (χ1v) is 9.88. The maximum Gasteiger partial charge on any atom is 0.349 e. The monoisotopic (exact) mass is 464 g/mol. The number of piperidine rings is 1. The molecule has 2 aromatic carbocycles. The SMILES string of the molecule is [2H]C1CC(=O)NC(=O)C1N1Cc2cc(C([2H])N([2H])C(=O)C(F)(F)c3ccc(Cl)cc3)ccc2C1=O. The minimum absolute atomic E-state index is 0.000599. The Bertz CT molecular complexity index is 1230. The molecular weight excluding hydrogens is 444 g/mol. The lowest BCUT2D eigenvalue weighted by Gasteiger charge is -2.29. The molecule has 166 valence electrons. The van der Waals surface area contributed by atoms with E-state index in [9.17, 15) is 28.0 Å². The number of halogens is 3. The first-order chi connectivity index (χ1) is 16.4. The van der Waals surface area contributed by atoms with Crippen molar-refractivity contribution in [2.75, 3.05) is 0 Å². The number of fused-ring (bicyclic) bond motifs is 1. The molecule has 1 saturated heterocycles. The number of benzene rings is 2. The summed E-state index contributed by atoms with van der Waals surface area (Å²) in [4.78, 5) is 50.1. The number of carbonyl (C=O) groups is 4. The molecule has 0 aliphatic carbocycles. The van der Waals surface area contributed by atoms with Gasteiger partial charge in [0, 0.05) is 37.0 Å². The molecule has 2 heterocycles. The number of hydrogen-bond acceptors (Lipinski definition) is 4. The molecule has 0 bridgehead atoms. The highest BCUT2D eigenvalue weighted by Crippen LogP contribution is 2.30. The smallest absolute Gasteiger partial charge is 0.346 e. The second-order valence-corrected chi connectivity index (χ2v) is 7.73. The van der Waals surface area contributed by atoms with Gasteiger partial charge in [-0.15, -0.1) is 0 Å². The number of nitrogens with one attached hydrogen (secondary N) is 2. The van der Waals surface area contributed by atoms with E-state index in [2.05, 4.69) is 5.32 Å². The van der Waals surface area contributed by atoms with Gasteiger partial charge in [-0.1, -0.05) is 35.9 Å². The van der Waals surface area contributed by atoms with Gasteiger partial charge >= 0.3 is 5.92 Å². The fraction of sp³-hybridized carbons (Fsp3) is 0.273. The summed E-state index contributed by atoms with van der Waals surface area (Å²) in [5, 5.41) is 2.14. The Kier molecular flexibility index (Phi) is 4.74. The molecule has 0 aromatic heterocycles. The molecule has 0 saturated carbocycles. The number of alkyl halides is 2. The zero-order valence-electron chi connectivity index (χ0n) is 19.3. The zero-order chi connectivity index (χ0) is 25.7. The van der Waals surface area contributed by atoms with Gasteiger partial charge in [0.15, 0.2) is 1.41 Å². The zero-order valence-corrected chi connectivity index (χ0v) is 17.1. The minimum atomic E-state index is -4.08. The fourth-order valence-electron chi connectivity index (χ4n) is 3.52. The molecule has 4 rings (SSSR count). The van der Waals surface area contributed by atoms with Gasteiger partial charge in [-0.3, -0.25) is 24.5 Å². The molecular formula is C22H18ClF2N3O4. The highest BCUT2D eigenvalue weighted by Gasteiger charge is 2.41. The van der Waals surface area contributed by atoms with Crippen molar-refractivity contribution >= 4 is 35.2 Å². The van der Waals surface area contributed by atoms with E-state index in [-0.39, 0.29) is 34.4 Å². The Labute approximate surface area is 191 Å². The number of rotatable bonds is 5. The van der Waals surface area contributed by atoms with Gasteiger partial charge < -0.3 is 10.2 Å². The van der Waals surface area contributed by atoms with Crippen LogP contribution in [0.5, 0.6) is 0 Å². The Hall–Kier alpha value is -3.33. The molecule has 7 nitrogen and oxygen atoms in total. The Balaban J connectivity index is 1.54. The molecule has 2 N–H and O–H groups in total. The standard InChI is InChI=1S/C22H18ClF2N3O4/c23-15-4-2-14(3-5-15)22(24,25)21(32)26-10-12-1-6-16-13(9-12)11-28(20(16)31)17-7-8-18(29)27-19(17)30/h1-6,9,17H,7-8,10-11H2,(H,26,32)(H,27,29,30)/i7D,10D/hD. The lowest BCUT2D eigenvalue weighted by Crippen LogP contribution is -2.52. The summed E-state index contributed by atoms with van der Waals surface area (Å²) in [5.74, 6) is -7.94. The quantitative estimate of drug-likeness (QED) is 0.665. The number of amides is 4. The molecule has 0 spiro atoms. The summed E-state index contributed by atoms with van der Waals surface area (Å²) < 4.78 is 53.5. The van der Waals surface area contributed by atoms with Crippen LogP contribution in [-0.4, -0.2) is 34.6 Å². The van der Waals surface area contributed by atoms with Crippen LogP contribution in [0, 0.1) is 0 Å². The van der Waals surface area contributed by atoms with Crippen LogP contribution in [0.3, 0.4) is 0 Å². The van der Waals surface area contributed by atoms with E-state index < -0.39 is 54.1 Å². The molecule has 0 radical (unpaired) electrons. The summed E-state index contributed by atoms with van der Waals surface area (Å²) in [7, 11) is 0. The summed E-state index contributed by atoms with van der Waals surface area (Å²) in [6.07, 6.45) is -1.41. The molecule has 2 aliphatic rings. The summed E-state index contributed by atoms with van der Waals surface area (Å²) >= 11 is 5.69. The molecule has 2 aliphatic heterocycles. The molecule has 4 amide bonds. The summed E-state index contributed by atoms with van der Waals surface area (Å²) in [5.41, 5.74) is -0.167. The predicted octanol–water partition coefficient (Wildman–Crippen LogP) is 2.51. The van der Waals surface area contributed by atoms with E-state index in [4.69, 9.17) is 15.8 Å². The van der Waals surface area contributed by atoms with Crippen molar-refractivity contribution in [3.8, 4) is 0 Å². The topological polar surface area (TPSA) is 95.6 Å². The highest BCUT2D eigenvalue weighted by atomic mass is 35.5. The van der Waals surface area contributed by atoms with Gasteiger partial charge in [-0.25, -0.2) is 0 Å². The lowest BCUT2D eigenvalue weighted by molar-refractivity contribution is -0.147. The second kappa shape index (κ2) is 8.31. The third kappa shape index (κ3) is 4.08. The third-order valence-electron chi connectivity index (χ3n) is 5.16. The van der Waals surface area contributed by atoms with Crippen LogP contribution >= 0.6 is 11.6 Å². The van der Waals surface area contributed by atoms with Crippen molar-refractivity contribution in [2.24, 2.45) is 0 Å². The van der Waals surface area contributed by atoms with Crippen molar-refractivity contribution in [3.05, 3.63) is 69.7 Å². The van der Waals surface area contributed by atoms with E-state index in [1.807, 2.05) is 0 Å². The van der Waals surface area contributed by atoms with Gasteiger partial charge in [0.05, 0.1) is 1.37 Å². The minimum Gasteiger partial charge on any atom is -0.346 e. The maximum absolute atomic E-state index is 14.7. The Morgan fingerprint density at radius 2 is 2.00 bits per heavy atom. The van der Waals surface area contributed by atoms with Crippen molar-refractivity contribution < 1.29 is 32.1 Å². The number of carbonyl (C=O) groups excluding carboxylic acids is 4. The van der Waals surface area contributed by atoms with Crippen LogP contribution in [0.2, 0.25) is 6.43 Å². The van der Waals surface area contributed by atoms with E-state index in [1.54, 1.807) is 0 Å². The fourth-order valence-corrected chi connectivity index (χ4v) is 3.65. The number of hydrogen-bond donors (Lipinski definition) is 2. The van der Waals surface area contributed by atoms with Gasteiger partial charge in [0.1, 0.15) is 6.04 Å². The first kappa shape index (κ1) is 18.3. The van der Waals surface area contributed by atoms with Crippen molar-refractivity contribution in [1.82, 2.24) is 15.5 Å². The van der Waals surface area contributed by atoms with Crippen LogP contribution in [-0.2, 0) is 33.4 Å². The lowest BCUT2D eigenvalue weighted by atomic mass is 10.0. The van der Waals surface area contributed by atoms with Gasteiger partial charge in [0.2, 0.25) is 11.8 Å². The summed E-state index contributed by atoms with van der Waals surface area (Å²) in [6, 6.07) is 6.97. The Morgan fingerprint density at radius 1 is 1.28 bits per heavy atom. The van der Waals surface area contributed by atoms with Crippen LogP contribution in [0.1, 0.15) is 42.6 Å². The highest BCUT2D eigenvalue weighted by molar-refractivity contribution is 6.30. The molecule has 32 heavy (non-hydrogen) atoms. The molecule has 2 aromatic rings. The van der Waals surface area contributed by atoms with Gasteiger partial charge in [-0.05, 0) is 35.7 Å². The number of nitrogens with zero attached hydrogens (tertiary/aromatic N) is 1. The largest absolute Gasteiger partial charge is 0.349 e.